The number of alkyl halides is 3. The summed E-state index contributed by atoms with van der Waals surface area (Å²) < 4.78 is 10.9. The molecule has 0 aliphatic heterocycles. The number of nitriles is 1. The van der Waals surface area contributed by atoms with Crippen LogP contribution >= 0.6 is 27.5 Å². The van der Waals surface area contributed by atoms with E-state index in [4.69, 9.17) is 16.9 Å². The van der Waals surface area contributed by atoms with Gasteiger partial charge in [0.15, 0.2) is 0 Å². The highest BCUT2D eigenvalue weighted by atomic mass is 79.9. The average molecular weight is 248 g/mol. The highest BCUT2D eigenvalue weighted by Gasteiger charge is 2.23. The summed E-state index contributed by atoms with van der Waals surface area (Å²) >= 11 is 7.97. The van der Waals surface area contributed by atoms with Gasteiger partial charge in [-0.1, -0.05) is 23.7 Å². The second-order valence-corrected chi connectivity index (χ2v) is 4.26. The monoisotopic (exact) mass is 247 g/mol. The third kappa shape index (κ3) is 2.20. The van der Waals surface area contributed by atoms with Gasteiger partial charge in [-0.05, 0) is 28.1 Å². The zero-order chi connectivity index (χ0) is 9.19. The first-order valence-corrected chi connectivity index (χ1v) is 4.28. The van der Waals surface area contributed by atoms with E-state index in [0.29, 0.717) is 5.56 Å². The van der Waals surface area contributed by atoms with Crippen molar-refractivity contribution in [2.24, 2.45) is 0 Å². The highest BCUT2D eigenvalue weighted by Crippen LogP contribution is 2.37. The Bertz CT molecular complexity index is 309. The standard InChI is InChI=1S/C8H4BrClFN/c9-8(10,11)7-3-1-6(5-12)2-4-7/h1-4H. The zero-order valence-corrected chi connectivity index (χ0v) is 8.23. The van der Waals surface area contributed by atoms with Crippen LogP contribution in [0.25, 0.3) is 0 Å². The summed E-state index contributed by atoms with van der Waals surface area (Å²) in [7, 11) is 0. The molecular weight excluding hydrogens is 244 g/mol. The highest BCUT2D eigenvalue weighted by molar-refractivity contribution is 9.10. The molecule has 1 rings (SSSR count). The van der Waals surface area contributed by atoms with Crippen LogP contribution in [-0.2, 0) is 4.04 Å². The molecule has 0 heterocycles. The van der Waals surface area contributed by atoms with Gasteiger partial charge in [-0.25, -0.2) is 4.39 Å². The number of rotatable bonds is 1. The Balaban J connectivity index is 3.02. The number of hydrogen-bond acceptors (Lipinski definition) is 1. The molecule has 0 bridgehead atoms. The fourth-order valence-corrected chi connectivity index (χ4v) is 1.12. The van der Waals surface area contributed by atoms with Gasteiger partial charge >= 0.3 is 0 Å². The van der Waals surface area contributed by atoms with E-state index in [9.17, 15) is 4.39 Å². The van der Waals surface area contributed by atoms with Crippen LogP contribution in [0.4, 0.5) is 4.39 Å². The fraction of sp³-hybridized carbons (Fsp3) is 0.125. The van der Waals surface area contributed by atoms with Gasteiger partial charge in [-0.15, -0.1) is 0 Å². The third-order valence-electron chi connectivity index (χ3n) is 1.34. The van der Waals surface area contributed by atoms with Crippen molar-refractivity contribution in [1.82, 2.24) is 0 Å². The molecule has 0 saturated carbocycles. The molecule has 4 heteroatoms. The molecule has 0 amide bonds. The molecule has 12 heavy (non-hydrogen) atoms. The van der Waals surface area contributed by atoms with Crippen molar-refractivity contribution in [1.29, 1.82) is 5.26 Å². The van der Waals surface area contributed by atoms with Crippen molar-refractivity contribution in [3.8, 4) is 6.07 Å². The number of nitrogens with zero attached hydrogens (tertiary/aromatic N) is 1. The number of halogens is 3. The third-order valence-corrected chi connectivity index (χ3v) is 2.02. The summed E-state index contributed by atoms with van der Waals surface area (Å²) in [6, 6.07) is 7.86. The molecule has 1 nitrogen and oxygen atoms in total. The van der Waals surface area contributed by atoms with Gasteiger partial charge < -0.3 is 0 Å². The molecule has 1 aromatic rings. The van der Waals surface area contributed by atoms with Crippen molar-refractivity contribution < 1.29 is 4.39 Å². The molecule has 62 valence electrons. The van der Waals surface area contributed by atoms with Crippen LogP contribution in [-0.4, -0.2) is 0 Å². The molecule has 0 N–H and O–H groups in total. The van der Waals surface area contributed by atoms with E-state index in [2.05, 4.69) is 15.9 Å². The first kappa shape index (κ1) is 9.50. The summed E-state index contributed by atoms with van der Waals surface area (Å²) in [6.07, 6.45) is 0. The van der Waals surface area contributed by atoms with Crippen LogP contribution in [0.3, 0.4) is 0 Å². The van der Waals surface area contributed by atoms with Gasteiger partial charge in [0.05, 0.1) is 11.6 Å². The quantitative estimate of drug-likeness (QED) is 0.700. The van der Waals surface area contributed by atoms with Crippen molar-refractivity contribution in [2.45, 2.75) is 4.04 Å². The lowest BCUT2D eigenvalue weighted by Gasteiger charge is -2.08. The summed E-state index contributed by atoms with van der Waals surface area (Å²) in [6.45, 7) is 0. The van der Waals surface area contributed by atoms with Crippen LogP contribution in [0.1, 0.15) is 11.1 Å². The maximum atomic E-state index is 13.0. The van der Waals surface area contributed by atoms with Gasteiger partial charge in [-0.2, -0.15) is 5.26 Å². The summed E-state index contributed by atoms with van der Waals surface area (Å²) in [5.74, 6) is 0. The van der Waals surface area contributed by atoms with Gasteiger partial charge in [0.2, 0.25) is 0 Å². The largest absolute Gasteiger partial charge is 0.263 e. The van der Waals surface area contributed by atoms with Crippen molar-refractivity contribution in [3.05, 3.63) is 35.4 Å². The molecule has 0 radical (unpaired) electrons. The minimum Gasteiger partial charge on any atom is -0.208 e. The SMILES string of the molecule is N#Cc1ccc(C(F)(Cl)Br)cc1. The Labute approximate surface area is 82.9 Å². The average Bonchev–Trinajstić information content (AvgIpc) is 2.03. The smallest absolute Gasteiger partial charge is 0.208 e. The predicted octanol–water partition coefficient (Wildman–Crippen LogP) is 3.27. The first-order chi connectivity index (χ1) is 5.54. The van der Waals surface area contributed by atoms with Crippen LogP contribution in [0, 0.1) is 11.3 Å². The molecule has 1 aromatic carbocycles. The Hall–Kier alpha value is -0.590. The molecule has 1 atom stereocenters. The summed E-state index contributed by atoms with van der Waals surface area (Å²) in [5.41, 5.74) is 0.760. The van der Waals surface area contributed by atoms with E-state index in [-0.39, 0.29) is 5.56 Å². The Morgan fingerprint density at radius 2 is 1.92 bits per heavy atom. The normalized spacial score (nSPS) is 14.8. The summed E-state index contributed by atoms with van der Waals surface area (Å²) in [5, 5.41) is 8.44. The lowest BCUT2D eigenvalue weighted by Crippen LogP contribution is -1.99. The van der Waals surface area contributed by atoms with Crippen LogP contribution in [0.15, 0.2) is 24.3 Å². The zero-order valence-electron chi connectivity index (χ0n) is 5.89. The number of benzene rings is 1. The maximum absolute atomic E-state index is 13.0. The predicted molar refractivity (Wildman–Crippen MR) is 48.7 cm³/mol. The minimum atomic E-state index is -2.04. The Morgan fingerprint density at radius 3 is 2.25 bits per heavy atom. The lowest BCUT2D eigenvalue weighted by molar-refractivity contribution is 0.425. The van der Waals surface area contributed by atoms with Gasteiger partial charge in [-0.3, -0.25) is 0 Å². The molecule has 0 aromatic heterocycles. The molecule has 0 saturated heterocycles. The van der Waals surface area contributed by atoms with E-state index in [1.807, 2.05) is 6.07 Å². The molecule has 1 unspecified atom stereocenters. The van der Waals surface area contributed by atoms with E-state index >= 15 is 0 Å². The van der Waals surface area contributed by atoms with E-state index in [1.165, 1.54) is 24.3 Å². The fourth-order valence-electron chi connectivity index (χ4n) is 0.734. The van der Waals surface area contributed by atoms with E-state index in [1.54, 1.807) is 0 Å². The lowest BCUT2D eigenvalue weighted by atomic mass is 10.2. The topological polar surface area (TPSA) is 23.8 Å². The molecule has 0 spiro atoms. The number of hydrogen-bond donors (Lipinski definition) is 0. The second kappa shape index (κ2) is 3.42. The van der Waals surface area contributed by atoms with E-state index < -0.39 is 4.04 Å². The van der Waals surface area contributed by atoms with Crippen LogP contribution in [0.2, 0.25) is 0 Å². The van der Waals surface area contributed by atoms with Gasteiger partial charge in [0, 0.05) is 5.56 Å². The molecular formula is C8H4BrClFN. The Kier molecular flexibility index (Phi) is 2.71. The second-order valence-electron chi connectivity index (χ2n) is 2.19. The van der Waals surface area contributed by atoms with Crippen LogP contribution < -0.4 is 0 Å². The Morgan fingerprint density at radius 1 is 1.42 bits per heavy atom. The summed E-state index contributed by atoms with van der Waals surface area (Å²) in [4.78, 5) is 0. The van der Waals surface area contributed by atoms with Gasteiger partial charge in [0.1, 0.15) is 0 Å². The van der Waals surface area contributed by atoms with Crippen molar-refractivity contribution >= 4 is 27.5 Å². The molecule has 0 aliphatic rings. The molecule has 0 aliphatic carbocycles. The minimum absolute atomic E-state index is 0.281. The maximum Gasteiger partial charge on any atom is 0.263 e. The van der Waals surface area contributed by atoms with Crippen molar-refractivity contribution in [2.75, 3.05) is 0 Å². The molecule has 0 fully saturated rings. The first-order valence-electron chi connectivity index (χ1n) is 3.11. The van der Waals surface area contributed by atoms with Crippen LogP contribution in [0.5, 0.6) is 0 Å². The van der Waals surface area contributed by atoms with Gasteiger partial charge in [0.25, 0.3) is 4.04 Å². The van der Waals surface area contributed by atoms with Crippen molar-refractivity contribution in [3.63, 3.8) is 0 Å². The van der Waals surface area contributed by atoms with E-state index in [0.717, 1.165) is 0 Å².